The van der Waals surface area contributed by atoms with Crippen LogP contribution in [-0.4, -0.2) is 38.0 Å². The molecule has 1 aliphatic rings. The number of carbonyl (C=O) groups is 2. The number of hydrogen-bond acceptors (Lipinski definition) is 5. The number of sulfonamides is 1. The molecule has 0 spiro atoms. The number of hydrogen-bond donors (Lipinski definition) is 3. The number of anilines is 2. The molecule has 1 aliphatic carbocycles. The summed E-state index contributed by atoms with van der Waals surface area (Å²) in [7, 11) is -3.28. The van der Waals surface area contributed by atoms with E-state index in [4.69, 9.17) is 23.2 Å². The number of nitrogens with zero attached hydrogens (tertiary/aromatic N) is 1. The van der Waals surface area contributed by atoms with E-state index >= 15 is 0 Å². The Balaban J connectivity index is 1.48. The zero-order valence-corrected chi connectivity index (χ0v) is 21.0. The molecule has 35 heavy (non-hydrogen) atoms. The highest BCUT2D eigenvalue weighted by Gasteiger charge is 2.44. The lowest BCUT2D eigenvalue weighted by atomic mass is 9.95. The Labute approximate surface area is 213 Å². The van der Waals surface area contributed by atoms with Gasteiger partial charge in [0.2, 0.25) is 10.0 Å². The minimum Gasteiger partial charge on any atom is -0.321 e. The number of pyridine rings is 1. The van der Waals surface area contributed by atoms with E-state index in [1.54, 1.807) is 36.4 Å². The molecule has 0 bridgehead atoms. The fourth-order valence-electron chi connectivity index (χ4n) is 3.60. The molecule has 2 aromatic carbocycles. The predicted octanol–water partition coefficient (Wildman–Crippen LogP) is 4.47. The highest BCUT2D eigenvalue weighted by molar-refractivity contribution is 7.88. The molecular formula is C24H22Cl2N4O4S. The van der Waals surface area contributed by atoms with Gasteiger partial charge in [-0.3, -0.25) is 9.59 Å². The number of rotatable bonds is 8. The molecule has 0 unspecified atom stereocenters. The molecule has 1 fully saturated rings. The highest BCUT2D eigenvalue weighted by atomic mass is 35.5. The molecule has 11 heteroatoms. The summed E-state index contributed by atoms with van der Waals surface area (Å²) in [5.74, 6) is -0.606. The van der Waals surface area contributed by atoms with E-state index < -0.39 is 21.8 Å². The van der Waals surface area contributed by atoms with E-state index in [0.717, 1.165) is 24.7 Å². The molecule has 1 saturated carbocycles. The molecule has 8 nitrogen and oxygen atoms in total. The van der Waals surface area contributed by atoms with E-state index in [9.17, 15) is 18.0 Å². The van der Waals surface area contributed by atoms with Gasteiger partial charge in [-0.25, -0.2) is 18.1 Å². The van der Waals surface area contributed by atoms with Crippen molar-refractivity contribution < 1.29 is 18.0 Å². The van der Waals surface area contributed by atoms with E-state index in [1.807, 2.05) is 12.1 Å². The van der Waals surface area contributed by atoms with Crippen LogP contribution in [-0.2, 0) is 15.4 Å². The minimum absolute atomic E-state index is 0.169. The van der Waals surface area contributed by atoms with Gasteiger partial charge in [0.1, 0.15) is 5.82 Å². The van der Waals surface area contributed by atoms with Gasteiger partial charge in [-0.1, -0.05) is 35.3 Å². The first-order valence-corrected chi connectivity index (χ1v) is 13.3. The van der Waals surface area contributed by atoms with Gasteiger partial charge in [0.15, 0.2) is 0 Å². The Hall–Kier alpha value is -2.98. The van der Waals surface area contributed by atoms with Gasteiger partial charge in [0.05, 0.1) is 22.5 Å². The van der Waals surface area contributed by atoms with Crippen LogP contribution in [0.15, 0.2) is 60.8 Å². The van der Waals surface area contributed by atoms with Gasteiger partial charge < -0.3 is 10.6 Å². The van der Waals surface area contributed by atoms with Gasteiger partial charge in [0.25, 0.3) is 11.8 Å². The van der Waals surface area contributed by atoms with Crippen LogP contribution in [0.4, 0.5) is 11.5 Å². The maximum atomic E-state index is 12.9. The average molecular weight is 533 g/mol. The highest BCUT2D eigenvalue weighted by Crippen LogP contribution is 2.47. The molecule has 1 aromatic heterocycles. The lowest BCUT2D eigenvalue weighted by Crippen LogP contribution is -2.31. The van der Waals surface area contributed by atoms with E-state index in [2.05, 4.69) is 20.3 Å². The Morgan fingerprint density at radius 1 is 0.943 bits per heavy atom. The second-order valence-corrected chi connectivity index (χ2v) is 11.1. The maximum Gasteiger partial charge on any atom is 0.258 e. The van der Waals surface area contributed by atoms with E-state index in [1.165, 1.54) is 12.3 Å². The maximum absolute atomic E-state index is 12.9. The van der Waals surface area contributed by atoms with Crippen LogP contribution in [0.2, 0.25) is 10.0 Å². The molecular weight excluding hydrogens is 511 g/mol. The molecule has 0 atom stereocenters. The number of nitrogens with one attached hydrogen (secondary N) is 3. The van der Waals surface area contributed by atoms with Crippen molar-refractivity contribution in [2.45, 2.75) is 18.3 Å². The number of halogens is 2. The number of aromatic nitrogens is 1. The molecule has 0 aliphatic heterocycles. The van der Waals surface area contributed by atoms with E-state index in [0.29, 0.717) is 28.0 Å². The van der Waals surface area contributed by atoms with Crippen molar-refractivity contribution in [2.24, 2.45) is 0 Å². The lowest BCUT2D eigenvalue weighted by molar-refractivity contribution is 0.102. The summed E-state index contributed by atoms with van der Waals surface area (Å²) in [4.78, 5) is 29.8. The third-order valence-electron chi connectivity index (χ3n) is 5.73. The summed E-state index contributed by atoms with van der Waals surface area (Å²) in [6.07, 6.45) is 4.28. The molecule has 1 heterocycles. The summed E-state index contributed by atoms with van der Waals surface area (Å²) in [6.45, 7) is 0.323. The second-order valence-electron chi connectivity index (χ2n) is 8.41. The number of carbonyl (C=O) groups excluding carboxylic acids is 2. The summed E-state index contributed by atoms with van der Waals surface area (Å²) in [5, 5.41) is 6.18. The third kappa shape index (κ3) is 6.37. The molecule has 0 saturated heterocycles. The van der Waals surface area contributed by atoms with Crippen LogP contribution in [0.1, 0.15) is 39.1 Å². The summed E-state index contributed by atoms with van der Waals surface area (Å²) in [6, 6.07) is 14.7. The third-order valence-corrected chi connectivity index (χ3v) is 6.86. The fraction of sp³-hybridized carbons (Fsp3) is 0.208. The molecule has 0 radical (unpaired) electrons. The standard InChI is InChI=1S/C24H22Cl2N4O4S/c1-35(33,34)28-14-24(10-11-24)16-4-2-15(3-5-16)22(31)29-20-8-6-17(25)12-19(20)23(32)30-21-9-7-18(26)13-27-21/h2-9,12-13,28H,10-11,14H2,1H3,(H,29,31)(H,27,30,32). The summed E-state index contributed by atoms with van der Waals surface area (Å²) >= 11 is 11.9. The monoisotopic (exact) mass is 532 g/mol. The first-order valence-electron chi connectivity index (χ1n) is 10.6. The SMILES string of the molecule is CS(=O)(=O)NCC1(c2ccc(C(=O)Nc3ccc(Cl)cc3C(=O)Nc3ccc(Cl)cn3)cc2)CC1. The van der Waals surface area contributed by atoms with Crippen LogP contribution in [0.5, 0.6) is 0 Å². The number of benzene rings is 2. The predicted molar refractivity (Wildman–Crippen MR) is 137 cm³/mol. The molecule has 4 rings (SSSR count). The van der Waals surface area contributed by atoms with Crippen molar-refractivity contribution in [1.29, 1.82) is 0 Å². The van der Waals surface area contributed by atoms with Gasteiger partial charge in [-0.2, -0.15) is 0 Å². The van der Waals surface area contributed by atoms with Gasteiger partial charge in [-0.15, -0.1) is 0 Å². The second kappa shape index (κ2) is 9.94. The average Bonchev–Trinajstić information content (AvgIpc) is 3.61. The van der Waals surface area contributed by atoms with Crippen molar-refractivity contribution in [3.05, 3.63) is 87.5 Å². The molecule has 2 amide bonds. The zero-order chi connectivity index (χ0) is 25.2. The normalized spacial score (nSPS) is 14.3. The lowest BCUT2D eigenvalue weighted by Gasteiger charge is -2.16. The van der Waals surface area contributed by atoms with Gasteiger partial charge >= 0.3 is 0 Å². The van der Waals surface area contributed by atoms with Crippen molar-refractivity contribution in [1.82, 2.24) is 9.71 Å². The van der Waals surface area contributed by atoms with Crippen molar-refractivity contribution in [3.8, 4) is 0 Å². The van der Waals surface area contributed by atoms with Crippen LogP contribution in [0, 0.1) is 0 Å². The van der Waals surface area contributed by atoms with Crippen LogP contribution >= 0.6 is 23.2 Å². The van der Waals surface area contributed by atoms with Crippen LogP contribution in [0.3, 0.4) is 0 Å². The quantitative estimate of drug-likeness (QED) is 0.395. The largest absolute Gasteiger partial charge is 0.321 e. The van der Waals surface area contributed by atoms with E-state index in [-0.39, 0.29) is 16.7 Å². The summed E-state index contributed by atoms with van der Waals surface area (Å²) in [5.41, 5.74) is 1.57. The molecule has 3 N–H and O–H groups in total. The van der Waals surface area contributed by atoms with Crippen molar-refractivity contribution in [3.63, 3.8) is 0 Å². The van der Waals surface area contributed by atoms with Crippen LogP contribution < -0.4 is 15.4 Å². The first-order chi connectivity index (χ1) is 16.5. The first kappa shape index (κ1) is 25.1. The Kier molecular flexibility index (Phi) is 7.14. The molecule has 3 aromatic rings. The Morgan fingerprint density at radius 2 is 1.63 bits per heavy atom. The number of amides is 2. The van der Waals surface area contributed by atoms with Crippen molar-refractivity contribution in [2.75, 3.05) is 23.4 Å². The Morgan fingerprint density at radius 3 is 2.23 bits per heavy atom. The van der Waals surface area contributed by atoms with Gasteiger partial charge in [0, 0.05) is 28.7 Å². The minimum atomic E-state index is -3.28. The fourth-order valence-corrected chi connectivity index (χ4v) is 4.43. The smallest absolute Gasteiger partial charge is 0.258 e. The van der Waals surface area contributed by atoms with Crippen LogP contribution in [0.25, 0.3) is 0 Å². The topological polar surface area (TPSA) is 117 Å². The summed E-state index contributed by atoms with van der Waals surface area (Å²) < 4.78 is 25.5. The van der Waals surface area contributed by atoms with Crippen molar-refractivity contribution >= 4 is 56.5 Å². The molecule has 182 valence electrons. The zero-order valence-electron chi connectivity index (χ0n) is 18.6. The Bertz CT molecular complexity index is 1370. The van der Waals surface area contributed by atoms with Gasteiger partial charge in [-0.05, 0) is 60.9 Å².